The highest BCUT2D eigenvalue weighted by atomic mass is 32.1. The van der Waals surface area contributed by atoms with Crippen molar-refractivity contribution in [2.45, 2.75) is 38.5 Å². The molecular weight excluding hydrogens is 244 g/mol. The van der Waals surface area contributed by atoms with E-state index in [0.717, 1.165) is 32.7 Å². The van der Waals surface area contributed by atoms with E-state index < -0.39 is 0 Å². The maximum atomic E-state index is 5.85. The van der Waals surface area contributed by atoms with Crippen LogP contribution in [0, 0.1) is 6.92 Å². The minimum absolute atomic E-state index is 0.517. The van der Waals surface area contributed by atoms with Crippen LogP contribution in [-0.2, 0) is 11.3 Å². The number of aryl methyl sites for hydroxylation is 1. The number of fused-ring (bicyclic) bond motifs is 2. The first-order chi connectivity index (χ1) is 8.79. The molecule has 1 aromatic rings. The van der Waals surface area contributed by atoms with Crippen LogP contribution in [0.1, 0.15) is 22.6 Å². The smallest absolute Gasteiger partial charge is 0.0707 e. The maximum absolute atomic E-state index is 5.85. The molecule has 2 bridgehead atoms. The molecule has 0 amide bonds. The number of hydrogen-bond donors (Lipinski definition) is 1. The van der Waals surface area contributed by atoms with E-state index in [1.54, 1.807) is 0 Å². The van der Waals surface area contributed by atoms with Crippen molar-refractivity contribution in [1.29, 1.82) is 0 Å². The van der Waals surface area contributed by atoms with Crippen molar-refractivity contribution in [3.05, 3.63) is 21.9 Å². The molecular formula is C14H22N2OS. The molecule has 3 rings (SSSR count). The second-order valence-corrected chi connectivity index (χ2v) is 6.78. The van der Waals surface area contributed by atoms with Crippen molar-refractivity contribution in [2.24, 2.45) is 0 Å². The maximum Gasteiger partial charge on any atom is 0.0707 e. The molecule has 3 nitrogen and oxygen atoms in total. The van der Waals surface area contributed by atoms with Gasteiger partial charge in [-0.05, 0) is 31.9 Å². The van der Waals surface area contributed by atoms with E-state index in [1.807, 2.05) is 11.3 Å². The normalized spacial score (nSPS) is 27.8. The van der Waals surface area contributed by atoms with E-state index in [9.17, 15) is 0 Å². The van der Waals surface area contributed by atoms with Gasteiger partial charge in [-0.3, -0.25) is 4.90 Å². The lowest BCUT2D eigenvalue weighted by atomic mass is 10.2. The first-order valence-corrected chi connectivity index (χ1v) is 7.75. The molecule has 18 heavy (non-hydrogen) atoms. The van der Waals surface area contributed by atoms with E-state index in [-0.39, 0.29) is 0 Å². The second-order valence-electron chi connectivity index (χ2n) is 5.41. The van der Waals surface area contributed by atoms with Crippen LogP contribution in [0.5, 0.6) is 0 Å². The summed E-state index contributed by atoms with van der Waals surface area (Å²) in [6.45, 7) is 7.68. The summed E-state index contributed by atoms with van der Waals surface area (Å²) in [5, 5.41) is 3.54. The van der Waals surface area contributed by atoms with Crippen LogP contribution in [0.25, 0.3) is 0 Å². The molecule has 0 saturated carbocycles. The summed E-state index contributed by atoms with van der Waals surface area (Å²) in [5.74, 6) is 0. The Morgan fingerprint density at radius 1 is 1.33 bits per heavy atom. The molecule has 2 aliphatic heterocycles. The van der Waals surface area contributed by atoms with Crippen molar-refractivity contribution in [3.8, 4) is 0 Å². The molecule has 2 unspecified atom stereocenters. The molecule has 2 fully saturated rings. The third-order valence-electron chi connectivity index (χ3n) is 3.82. The molecule has 100 valence electrons. The molecule has 1 aromatic heterocycles. The standard InChI is InChI=1S/C14H22N2OS/c1-11-2-5-14(18-11)8-15-6-7-16-9-12-3-4-13(10-16)17-12/h2,5,12-13,15H,3-4,6-10H2,1H3. The number of nitrogens with zero attached hydrogens (tertiary/aromatic N) is 1. The number of nitrogens with one attached hydrogen (secondary N) is 1. The quantitative estimate of drug-likeness (QED) is 0.825. The van der Waals surface area contributed by atoms with E-state index in [1.165, 1.54) is 22.6 Å². The summed E-state index contributed by atoms with van der Waals surface area (Å²) in [6, 6.07) is 4.42. The zero-order valence-corrected chi connectivity index (χ0v) is 11.8. The number of likely N-dealkylation sites (tertiary alicyclic amines) is 1. The molecule has 1 N–H and O–H groups in total. The van der Waals surface area contributed by atoms with Gasteiger partial charge in [0.25, 0.3) is 0 Å². The Balaban J connectivity index is 1.35. The minimum Gasteiger partial charge on any atom is -0.372 e. The fraction of sp³-hybridized carbons (Fsp3) is 0.714. The molecule has 0 aliphatic carbocycles. The zero-order chi connectivity index (χ0) is 12.4. The average Bonchev–Trinajstić information content (AvgIpc) is 2.91. The van der Waals surface area contributed by atoms with Gasteiger partial charge in [0.05, 0.1) is 12.2 Å². The molecule has 3 heterocycles. The first kappa shape index (κ1) is 12.6. The van der Waals surface area contributed by atoms with Crippen molar-refractivity contribution in [1.82, 2.24) is 10.2 Å². The Hall–Kier alpha value is -0.420. The summed E-state index contributed by atoms with van der Waals surface area (Å²) >= 11 is 1.89. The number of hydrogen-bond acceptors (Lipinski definition) is 4. The largest absolute Gasteiger partial charge is 0.372 e. The molecule has 4 heteroatoms. The fourth-order valence-electron chi connectivity index (χ4n) is 2.91. The highest BCUT2D eigenvalue weighted by molar-refractivity contribution is 7.11. The van der Waals surface area contributed by atoms with Gasteiger partial charge in [-0.1, -0.05) is 0 Å². The van der Waals surface area contributed by atoms with Crippen molar-refractivity contribution in [3.63, 3.8) is 0 Å². The van der Waals surface area contributed by atoms with Gasteiger partial charge in [-0.25, -0.2) is 0 Å². The van der Waals surface area contributed by atoms with Gasteiger partial charge in [0.15, 0.2) is 0 Å². The van der Waals surface area contributed by atoms with Crippen LogP contribution in [0.4, 0.5) is 0 Å². The minimum atomic E-state index is 0.517. The predicted octanol–water partition coefficient (Wildman–Crippen LogP) is 2.01. The van der Waals surface area contributed by atoms with Gasteiger partial charge in [0.2, 0.25) is 0 Å². The molecule has 2 atom stereocenters. The molecule has 0 radical (unpaired) electrons. The van der Waals surface area contributed by atoms with E-state index in [0.29, 0.717) is 12.2 Å². The van der Waals surface area contributed by atoms with Crippen LogP contribution in [-0.4, -0.2) is 43.3 Å². The van der Waals surface area contributed by atoms with Crippen LogP contribution < -0.4 is 5.32 Å². The third-order valence-corrected chi connectivity index (χ3v) is 4.82. The Bertz CT molecular complexity index is 381. The highest BCUT2D eigenvalue weighted by Crippen LogP contribution is 2.25. The van der Waals surface area contributed by atoms with Gasteiger partial charge in [0, 0.05) is 42.5 Å². The first-order valence-electron chi connectivity index (χ1n) is 6.93. The molecule has 0 spiro atoms. The van der Waals surface area contributed by atoms with Crippen LogP contribution in [0.2, 0.25) is 0 Å². The second kappa shape index (κ2) is 5.70. The van der Waals surface area contributed by atoms with E-state index in [2.05, 4.69) is 29.3 Å². The third kappa shape index (κ3) is 3.12. The summed E-state index contributed by atoms with van der Waals surface area (Å²) in [5.41, 5.74) is 0. The van der Waals surface area contributed by atoms with Crippen LogP contribution in [0.15, 0.2) is 12.1 Å². The molecule has 2 aliphatic rings. The lowest BCUT2D eigenvalue weighted by Gasteiger charge is -2.32. The topological polar surface area (TPSA) is 24.5 Å². The summed E-state index contributed by atoms with van der Waals surface area (Å²) in [4.78, 5) is 5.39. The van der Waals surface area contributed by atoms with Crippen molar-refractivity contribution >= 4 is 11.3 Å². The van der Waals surface area contributed by atoms with Crippen molar-refractivity contribution in [2.75, 3.05) is 26.2 Å². The lowest BCUT2D eigenvalue weighted by Crippen LogP contribution is -2.45. The van der Waals surface area contributed by atoms with Gasteiger partial charge >= 0.3 is 0 Å². The summed E-state index contributed by atoms with van der Waals surface area (Å²) in [7, 11) is 0. The number of thiophene rings is 1. The Kier molecular flexibility index (Phi) is 3.99. The summed E-state index contributed by atoms with van der Waals surface area (Å²) < 4.78 is 5.85. The SMILES string of the molecule is Cc1ccc(CNCCN2CC3CCC(C2)O3)s1. The van der Waals surface area contributed by atoms with Gasteiger partial charge in [0.1, 0.15) is 0 Å². The van der Waals surface area contributed by atoms with Crippen LogP contribution >= 0.6 is 11.3 Å². The van der Waals surface area contributed by atoms with Gasteiger partial charge in [-0.15, -0.1) is 11.3 Å². The molecule has 0 aromatic carbocycles. The predicted molar refractivity (Wildman–Crippen MR) is 75.1 cm³/mol. The lowest BCUT2D eigenvalue weighted by molar-refractivity contribution is -0.0376. The van der Waals surface area contributed by atoms with Crippen LogP contribution in [0.3, 0.4) is 0 Å². The zero-order valence-electron chi connectivity index (χ0n) is 11.0. The van der Waals surface area contributed by atoms with E-state index in [4.69, 9.17) is 4.74 Å². The Morgan fingerprint density at radius 2 is 2.11 bits per heavy atom. The van der Waals surface area contributed by atoms with Crippen molar-refractivity contribution < 1.29 is 4.74 Å². The number of ether oxygens (including phenoxy) is 1. The fourth-order valence-corrected chi connectivity index (χ4v) is 3.77. The monoisotopic (exact) mass is 266 g/mol. The number of morpholine rings is 1. The Labute approximate surface area is 113 Å². The Morgan fingerprint density at radius 3 is 2.78 bits per heavy atom. The summed E-state index contributed by atoms with van der Waals surface area (Å²) in [6.07, 6.45) is 3.57. The average molecular weight is 266 g/mol. The molecule has 2 saturated heterocycles. The van der Waals surface area contributed by atoms with Gasteiger partial charge in [-0.2, -0.15) is 0 Å². The highest BCUT2D eigenvalue weighted by Gasteiger charge is 2.33. The van der Waals surface area contributed by atoms with E-state index >= 15 is 0 Å². The number of rotatable bonds is 5. The van der Waals surface area contributed by atoms with Gasteiger partial charge < -0.3 is 10.1 Å².